The molecular weight excluding hydrogens is 369 g/mol. The number of sulfonamides is 1. The lowest BCUT2D eigenvalue weighted by molar-refractivity contribution is -0.137. The molecule has 0 bridgehead atoms. The lowest BCUT2D eigenvalue weighted by Crippen LogP contribution is -2.24. The van der Waals surface area contributed by atoms with Crippen molar-refractivity contribution < 1.29 is 26.4 Å². The molecule has 0 atom stereocenters. The minimum Gasteiger partial charge on any atom is -0.322 e. The van der Waals surface area contributed by atoms with Crippen molar-refractivity contribution in [2.75, 3.05) is 11.9 Å². The van der Waals surface area contributed by atoms with E-state index in [1.54, 1.807) is 13.8 Å². The Kier molecular flexibility index (Phi) is 5.72. The maximum atomic E-state index is 12.6. The first kappa shape index (κ1) is 19.9. The van der Waals surface area contributed by atoms with Gasteiger partial charge in [-0.15, -0.1) is 0 Å². The normalized spacial score (nSPS) is 12.0. The van der Waals surface area contributed by atoms with Crippen LogP contribution in [0.5, 0.6) is 0 Å². The second kappa shape index (κ2) is 7.46. The number of hydrogen-bond donors (Lipinski definition) is 2. The van der Waals surface area contributed by atoms with Gasteiger partial charge in [-0.05, 0) is 48.9 Å². The molecule has 0 aliphatic heterocycles. The van der Waals surface area contributed by atoms with Crippen LogP contribution in [-0.2, 0) is 16.2 Å². The lowest BCUT2D eigenvalue weighted by Gasteiger charge is -2.11. The van der Waals surface area contributed by atoms with E-state index < -0.39 is 27.7 Å². The number of carbonyl (C=O) groups excluding carboxylic acids is 1. The van der Waals surface area contributed by atoms with Gasteiger partial charge < -0.3 is 5.32 Å². The molecule has 2 aromatic carbocycles. The molecule has 140 valence electrons. The Morgan fingerprint density at radius 3 is 2.23 bits per heavy atom. The van der Waals surface area contributed by atoms with Crippen LogP contribution >= 0.6 is 0 Å². The van der Waals surface area contributed by atoms with Gasteiger partial charge in [-0.3, -0.25) is 4.79 Å². The van der Waals surface area contributed by atoms with E-state index in [4.69, 9.17) is 0 Å². The number of aryl methyl sites for hydroxylation is 1. The Balaban J connectivity index is 2.27. The highest BCUT2D eigenvalue weighted by Crippen LogP contribution is 2.30. The average Bonchev–Trinajstić information content (AvgIpc) is 2.54. The summed E-state index contributed by atoms with van der Waals surface area (Å²) in [6.45, 7) is 3.46. The molecule has 0 unspecified atom stereocenters. The highest BCUT2D eigenvalue weighted by molar-refractivity contribution is 7.89. The second-order valence-corrected chi connectivity index (χ2v) is 7.27. The second-order valence-electron chi connectivity index (χ2n) is 5.51. The molecule has 26 heavy (non-hydrogen) atoms. The number of alkyl halides is 3. The minimum atomic E-state index is -4.46. The van der Waals surface area contributed by atoms with Gasteiger partial charge in [0.05, 0.1) is 10.5 Å². The Morgan fingerprint density at radius 1 is 1.08 bits per heavy atom. The third kappa shape index (κ3) is 4.61. The van der Waals surface area contributed by atoms with Crippen molar-refractivity contribution in [1.82, 2.24) is 4.72 Å². The molecule has 0 fully saturated rings. The summed E-state index contributed by atoms with van der Waals surface area (Å²) in [5.41, 5.74) is -0.0125. The van der Waals surface area contributed by atoms with Crippen LogP contribution in [0.4, 0.5) is 18.9 Å². The molecule has 9 heteroatoms. The van der Waals surface area contributed by atoms with Crippen LogP contribution in [-0.4, -0.2) is 20.9 Å². The fourth-order valence-electron chi connectivity index (χ4n) is 2.23. The summed E-state index contributed by atoms with van der Waals surface area (Å²) in [4.78, 5) is 12.3. The summed E-state index contributed by atoms with van der Waals surface area (Å²) in [6, 6.07) is 8.08. The lowest BCUT2D eigenvalue weighted by atomic mass is 10.1. The molecule has 0 radical (unpaired) electrons. The molecule has 5 nitrogen and oxygen atoms in total. The van der Waals surface area contributed by atoms with Gasteiger partial charge in [0, 0.05) is 17.8 Å². The number of halogens is 3. The Hall–Kier alpha value is -2.39. The van der Waals surface area contributed by atoms with Crippen LogP contribution in [0, 0.1) is 6.92 Å². The maximum absolute atomic E-state index is 12.6. The van der Waals surface area contributed by atoms with Gasteiger partial charge in [0.1, 0.15) is 0 Å². The molecule has 2 rings (SSSR count). The highest BCUT2D eigenvalue weighted by Gasteiger charge is 2.30. The molecule has 2 aromatic rings. The fraction of sp³-hybridized carbons (Fsp3) is 0.235. The van der Waals surface area contributed by atoms with Gasteiger partial charge in [-0.25, -0.2) is 13.1 Å². The zero-order valence-electron chi connectivity index (χ0n) is 14.0. The standard InChI is InChI=1S/C17H17F3N2O3S/c1-3-21-26(24,25)14-9-4-11(2)15(10-14)16(23)22-13-7-5-12(6-8-13)17(18,19)20/h4-10,21H,3H2,1-2H3,(H,22,23). The SMILES string of the molecule is CCNS(=O)(=O)c1ccc(C)c(C(=O)Nc2ccc(C(F)(F)F)cc2)c1. The Morgan fingerprint density at radius 2 is 1.69 bits per heavy atom. The van der Waals surface area contributed by atoms with Gasteiger partial charge in [0.2, 0.25) is 10.0 Å². The van der Waals surface area contributed by atoms with Crippen molar-refractivity contribution in [1.29, 1.82) is 0 Å². The van der Waals surface area contributed by atoms with Gasteiger partial charge in [0.25, 0.3) is 5.91 Å². The van der Waals surface area contributed by atoms with E-state index in [2.05, 4.69) is 10.0 Å². The number of amides is 1. The van der Waals surface area contributed by atoms with Crippen LogP contribution in [0.25, 0.3) is 0 Å². The molecule has 2 N–H and O–H groups in total. The van der Waals surface area contributed by atoms with Crippen LogP contribution in [0.15, 0.2) is 47.4 Å². The number of carbonyl (C=O) groups is 1. The number of hydrogen-bond acceptors (Lipinski definition) is 3. The van der Waals surface area contributed by atoms with Crippen molar-refractivity contribution in [3.63, 3.8) is 0 Å². The summed E-state index contributed by atoms with van der Waals surface area (Å²) < 4.78 is 64.2. The van der Waals surface area contributed by atoms with E-state index in [9.17, 15) is 26.4 Å². The Bertz CT molecular complexity index is 908. The van der Waals surface area contributed by atoms with Crippen molar-refractivity contribution >= 4 is 21.6 Å². The fourth-order valence-corrected chi connectivity index (χ4v) is 3.29. The molecule has 0 saturated heterocycles. The number of benzene rings is 2. The molecule has 0 heterocycles. The van der Waals surface area contributed by atoms with Crippen molar-refractivity contribution in [2.24, 2.45) is 0 Å². The predicted octanol–water partition coefficient (Wildman–Crippen LogP) is 3.56. The van der Waals surface area contributed by atoms with E-state index in [0.29, 0.717) is 5.56 Å². The van der Waals surface area contributed by atoms with Crippen LogP contribution in [0.1, 0.15) is 28.4 Å². The van der Waals surface area contributed by atoms with Crippen molar-refractivity contribution in [3.8, 4) is 0 Å². The third-order valence-corrected chi connectivity index (χ3v) is 5.11. The summed E-state index contributed by atoms with van der Waals surface area (Å²) in [5, 5.41) is 2.47. The first-order chi connectivity index (χ1) is 12.0. The molecular formula is C17H17F3N2O3S. The van der Waals surface area contributed by atoms with E-state index in [-0.39, 0.29) is 22.7 Å². The summed E-state index contributed by atoms with van der Waals surface area (Å²) in [7, 11) is -3.73. The molecule has 0 saturated carbocycles. The van der Waals surface area contributed by atoms with E-state index in [1.807, 2.05) is 0 Å². The van der Waals surface area contributed by atoms with Gasteiger partial charge in [0.15, 0.2) is 0 Å². The number of rotatable bonds is 5. The van der Waals surface area contributed by atoms with Gasteiger partial charge in [-0.1, -0.05) is 13.0 Å². The van der Waals surface area contributed by atoms with E-state index in [1.165, 1.54) is 18.2 Å². The van der Waals surface area contributed by atoms with E-state index in [0.717, 1.165) is 24.3 Å². The Labute approximate surface area is 149 Å². The summed E-state index contributed by atoms with van der Waals surface area (Å²) in [5.74, 6) is -0.615. The quantitative estimate of drug-likeness (QED) is 0.825. The first-order valence-corrected chi connectivity index (χ1v) is 9.12. The number of anilines is 1. The summed E-state index contributed by atoms with van der Waals surface area (Å²) in [6.07, 6.45) is -4.46. The third-order valence-electron chi connectivity index (χ3n) is 3.57. The molecule has 1 amide bonds. The zero-order valence-corrected chi connectivity index (χ0v) is 14.8. The van der Waals surface area contributed by atoms with Gasteiger partial charge in [-0.2, -0.15) is 13.2 Å². The summed E-state index contributed by atoms with van der Waals surface area (Å²) >= 11 is 0. The predicted molar refractivity (Wildman–Crippen MR) is 91.4 cm³/mol. The first-order valence-electron chi connectivity index (χ1n) is 7.63. The maximum Gasteiger partial charge on any atom is 0.416 e. The monoisotopic (exact) mass is 386 g/mol. The smallest absolute Gasteiger partial charge is 0.322 e. The van der Waals surface area contributed by atoms with Crippen molar-refractivity contribution in [2.45, 2.75) is 24.9 Å². The highest BCUT2D eigenvalue weighted by atomic mass is 32.2. The molecule has 0 spiro atoms. The zero-order chi connectivity index (χ0) is 19.5. The number of nitrogens with one attached hydrogen (secondary N) is 2. The van der Waals surface area contributed by atoms with Crippen LogP contribution in [0.3, 0.4) is 0 Å². The molecule has 0 aliphatic carbocycles. The van der Waals surface area contributed by atoms with E-state index >= 15 is 0 Å². The van der Waals surface area contributed by atoms with Gasteiger partial charge >= 0.3 is 6.18 Å². The molecule has 0 aromatic heterocycles. The average molecular weight is 386 g/mol. The minimum absolute atomic E-state index is 0.0671. The van der Waals surface area contributed by atoms with Crippen LogP contribution in [0.2, 0.25) is 0 Å². The topological polar surface area (TPSA) is 75.3 Å². The largest absolute Gasteiger partial charge is 0.416 e. The molecule has 0 aliphatic rings. The van der Waals surface area contributed by atoms with Crippen molar-refractivity contribution in [3.05, 3.63) is 59.2 Å². The van der Waals surface area contributed by atoms with Crippen LogP contribution < -0.4 is 10.0 Å².